The van der Waals surface area contributed by atoms with Crippen LogP contribution in [0.3, 0.4) is 0 Å². The molecule has 4 aromatic carbocycles. The van der Waals surface area contributed by atoms with E-state index in [2.05, 4.69) is 176 Å². The highest BCUT2D eigenvalue weighted by Gasteiger charge is 2.31. The van der Waals surface area contributed by atoms with E-state index < -0.39 is 16.6 Å². The molecule has 0 aliphatic heterocycles. The van der Waals surface area contributed by atoms with E-state index in [1.54, 1.807) is 0 Å². The van der Waals surface area contributed by atoms with E-state index in [1.165, 1.54) is 44.5 Å². The second kappa shape index (κ2) is 15.4. The van der Waals surface area contributed by atoms with Gasteiger partial charge in [-0.2, -0.15) is 0 Å². The molecule has 2 N–H and O–H groups in total. The molecule has 4 rings (SSSR count). The summed E-state index contributed by atoms with van der Waals surface area (Å²) in [7, 11) is -4.39. The Kier molecular flexibility index (Phi) is 12.7. The van der Waals surface area contributed by atoms with Crippen molar-refractivity contribution in [3.05, 3.63) is 112 Å². The van der Waals surface area contributed by atoms with Crippen LogP contribution in [0, 0.1) is 13.8 Å². The molecular formula is C42H57O5P2+. The fraction of sp³-hybridized carbons (Fsp3) is 0.429. The van der Waals surface area contributed by atoms with Crippen molar-refractivity contribution in [3.63, 3.8) is 0 Å². The molecule has 0 spiro atoms. The summed E-state index contributed by atoms with van der Waals surface area (Å²) in [6.07, 6.45) is 0. The minimum absolute atomic E-state index is 0.0328. The summed E-state index contributed by atoms with van der Waals surface area (Å²) in [4.78, 5) is 14.2. The van der Waals surface area contributed by atoms with Crippen molar-refractivity contribution in [2.24, 2.45) is 0 Å². The molecule has 0 saturated heterocycles. The zero-order chi connectivity index (χ0) is 37.1. The molecule has 0 radical (unpaired) electrons. The topological polar surface area (TPSA) is 76.0 Å². The van der Waals surface area contributed by atoms with Gasteiger partial charge in [0.15, 0.2) is 0 Å². The highest BCUT2D eigenvalue weighted by Crippen LogP contribution is 2.48. The maximum atomic E-state index is 8.70. The van der Waals surface area contributed by atoms with E-state index in [4.69, 9.17) is 23.4 Å². The Morgan fingerprint density at radius 2 is 0.837 bits per heavy atom. The summed E-state index contributed by atoms with van der Waals surface area (Å²) in [6, 6.07) is 28.4. The van der Waals surface area contributed by atoms with E-state index in [1.807, 2.05) is 0 Å². The standard InChI is InChI=1S/C42H55O2P.HO3P/c1-28-24-37(35(41(9,10)11)26-33(28)39(3,4)5)43-45(32-22-20-31(21-23-32)30-18-16-15-17-19-30)44-38-25-29(2)34(40(6,7)8)27-36(38)42(12,13)14;1-4(2)3/h15-27H,1-14H3;(H-,1,2,3)/p+1. The molecule has 0 bridgehead atoms. The van der Waals surface area contributed by atoms with Gasteiger partial charge in [0, 0.05) is 15.7 Å². The Balaban J connectivity index is 0.00000154. The van der Waals surface area contributed by atoms with Gasteiger partial charge in [-0.3, -0.25) is 0 Å². The largest absolute Gasteiger partial charge is 0.692 e. The summed E-state index contributed by atoms with van der Waals surface area (Å²) in [5.41, 5.74) is 9.79. The van der Waals surface area contributed by atoms with Crippen LogP contribution in [0.5, 0.6) is 11.5 Å². The number of hydrogen-bond donors (Lipinski definition) is 2. The van der Waals surface area contributed by atoms with E-state index in [0.29, 0.717) is 0 Å². The second-order valence-corrected chi connectivity index (χ2v) is 18.8. The van der Waals surface area contributed by atoms with Crippen molar-refractivity contribution in [1.82, 2.24) is 0 Å². The van der Waals surface area contributed by atoms with Gasteiger partial charge in [0.25, 0.3) is 0 Å². The second-order valence-electron chi connectivity index (χ2n) is 16.9. The summed E-state index contributed by atoms with van der Waals surface area (Å²) in [5, 5.41) is 1.04. The third-order valence-corrected chi connectivity index (χ3v) is 9.88. The Labute approximate surface area is 298 Å². The van der Waals surface area contributed by atoms with Crippen molar-refractivity contribution in [2.45, 2.75) is 119 Å². The van der Waals surface area contributed by atoms with Crippen LogP contribution in [0.2, 0.25) is 0 Å². The number of benzene rings is 4. The van der Waals surface area contributed by atoms with E-state index in [9.17, 15) is 0 Å². The lowest BCUT2D eigenvalue weighted by Gasteiger charge is -2.32. The molecule has 0 unspecified atom stereocenters. The molecule has 7 heteroatoms. The SMILES string of the molecule is Cc1cc(OP(Oc2cc(C)c(C(C)(C)C)cc2C(C)(C)C)c2ccc(-c3ccccc3)cc2)c(C(C)(C)C)cc1C(C)(C)C.O=[P+](O)O. The summed E-state index contributed by atoms with van der Waals surface area (Å²) in [5.74, 6) is 1.79. The van der Waals surface area contributed by atoms with E-state index in [-0.39, 0.29) is 21.7 Å². The minimum atomic E-state index is -2.87. The van der Waals surface area contributed by atoms with Crippen LogP contribution in [0.25, 0.3) is 11.1 Å². The van der Waals surface area contributed by atoms with Gasteiger partial charge in [-0.05, 0) is 93.2 Å². The third kappa shape index (κ3) is 11.0. The highest BCUT2D eigenvalue weighted by molar-refractivity contribution is 7.56. The van der Waals surface area contributed by atoms with Gasteiger partial charge in [0.1, 0.15) is 11.5 Å². The number of hydrogen-bond acceptors (Lipinski definition) is 3. The van der Waals surface area contributed by atoms with Gasteiger partial charge < -0.3 is 9.05 Å². The Morgan fingerprint density at radius 3 is 1.16 bits per heavy atom. The molecule has 0 fully saturated rings. The average Bonchev–Trinajstić information content (AvgIpc) is 2.94. The highest BCUT2D eigenvalue weighted by atomic mass is 31.2. The molecule has 0 heterocycles. The van der Waals surface area contributed by atoms with E-state index in [0.717, 1.165) is 16.8 Å². The third-order valence-electron chi connectivity index (χ3n) is 8.43. The van der Waals surface area contributed by atoms with Crippen molar-refractivity contribution < 1.29 is 23.4 Å². The van der Waals surface area contributed by atoms with Crippen molar-refractivity contribution in [3.8, 4) is 22.6 Å². The van der Waals surface area contributed by atoms with Gasteiger partial charge in [0.05, 0.1) is 5.30 Å². The fourth-order valence-corrected chi connectivity index (χ4v) is 7.31. The maximum Gasteiger partial charge on any atom is 0.692 e. The van der Waals surface area contributed by atoms with Crippen LogP contribution in [-0.2, 0) is 26.2 Å². The van der Waals surface area contributed by atoms with Crippen molar-refractivity contribution in [1.29, 1.82) is 0 Å². The molecule has 0 aromatic heterocycles. The predicted molar refractivity (Wildman–Crippen MR) is 209 cm³/mol. The van der Waals surface area contributed by atoms with Gasteiger partial charge in [-0.1, -0.05) is 138 Å². The Hall–Kier alpha value is -3.07. The molecule has 0 aliphatic carbocycles. The van der Waals surface area contributed by atoms with Crippen LogP contribution < -0.4 is 14.4 Å². The van der Waals surface area contributed by atoms with Gasteiger partial charge in [0.2, 0.25) is 0 Å². The minimum Gasteiger partial charge on any atom is -0.435 e. The van der Waals surface area contributed by atoms with Crippen LogP contribution >= 0.6 is 16.6 Å². The number of rotatable bonds is 6. The lowest BCUT2D eigenvalue weighted by Crippen LogP contribution is -2.21. The normalized spacial score (nSPS) is 12.3. The summed E-state index contributed by atoms with van der Waals surface area (Å²) in [6.45, 7) is 31.7. The Morgan fingerprint density at radius 1 is 0.510 bits per heavy atom. The zero-order valence-electron chi connectivity index (χ0n) is 32.0. The fourth-order valence-electron chi connectivity index (χ4n) is 6.01. The van der Waals surface area contributed by atoms with Crippen LogP contribution in [-0.4, -0.2) is 9.79 Å². The summed E-state index contributed by atoms with van der Waals surface area (Å²) >= 11 is 0. The van der Waals surface area contributed by atoms with Gasteiger partial charge in [-0.15, -0.1) is 9.79 Å². The first-order chi connectivity index (χ1) is 22.4. The Bertz CT molecular complexity index is 1650. The smallest absolute Gasteiger partial charge is 0.435 e. The molecule has 0 atom stereocenters. The van der Waals surface area contributed by atoms with E-state index >= 15 is 0 Å². The van der Waals surface area contributed by atoms with Gasteiger partial charge in [-0.25, -0.2) is 0 Å². The first kappa shape index (κ1) is 40.4. The average molecular weight is 704 g/mol. The predicted octanol–water partition coefficient (Wildman–Crippen LogP) is 11.9. The van der Waals surface area contributed by atoms with Crippen molar-refractivity contribution in [2.75, 3.05) is 0 Å². The lowest BCUT2D eigenvalue weighted by molar-refractivity contribution is 0.405. The lowest BCUT2D eigenvalue weighted by atomic mass is 9.78. The molecule has 0 saturated carbocycles. The molecule has 264 valence electrons. The van der Waals surface area contributed by atoms with Gasteiger partial charge >= 0.3 is 16.6 Å². The molecule has 0 amide bonds. The first-order valence-corrected chi connectivity index (χ1v) is 19.2. The molecular weight excluding hydrogens is 646 g/mol. The van der Waals surface area contributed by atoms with Crippen LogP contribution in [0.1, 0.15) is 116 Å². The zero-order valence-corrected chi connectivity index (χ0v) is 33.8. The number of aryl methyl sites for hydroxylation is 2. The molecule has 4 aromatic rings. The molecule has 0 aliphatic rings. The summed E-state index contributed by atoms with van der Waals surface area (Å²) < 4.78 is 22.9. The quantitative estimate of drug-likeness (QED) is 0.196. The van der Waals surface area contributed by atoms with Crippen LogP contribution in [0.4, 0.5) is 0 Å². The van der Waals surface area contributed by atoms with Crippen molar-refractivity contribution >= 4 is 21.9 Å². The molecule has 5 nitrogen and oxygen atoms in total. The first-order valence-electron chi connectivity index (χ1n) is 16.9. The molecule has 49 heavy (non-hydrogen) atoms. The maximum absolute atomic E-state index is 8.70. The monoisotopic (exact) mass is 703 g/mol. The van der Waals surface area contributed by atoms with Crippen LogP contribution in [0.15, 0.2) is 78.9 Å².